The minimum Gasteiger partial charge on any atom is -0.377 e. The SMILES string of the molecule is CCOCc1ccc(CNC(=NC)NC2CC=CC2)cc1. The fraction of sp³-hybridized carbons (Fsp3) is 0.471. The third kappa shape index (κ3) is 5.23. The molecule has 0 bridgehead atoms. The highest BCUT2D eigenvalue weighted by Gasteiger charge is 2.11. The molecule has 0 spiro atoms. The Bertz CT molecular complexity index is 471. The number of guanidine groups is 1. The van der Waals surface area contributed by atoms with Crippen molar-refractivity contribution in [3.05, 3.63) is 47.5 Å². The Labute approximate surface area is 127 Å². The zero-order valence-corrected chi connectivity index (χ0v) is 12.9. The molecule has 0 saturated carbocycles. The maximum atomic E-state index is 5.40. The van der Waals surface area contributed by atoms with Gasteiger partial charge in [-0.3, -0.25) is 4.99 Å². The summed E-state index contributed by atoms with van der Waals surface area (Å²) < 4.78 is 5.40. The molecule has 0 aromatic heterocycles. The number of hydrogen-bond donors (Lipinski definition) is 2. The largest absolute Gasteiger partial charge is 0.377 e. The highest BCUT2D eigenvalue weighted by molar-refractivity contribution is 5.80. The maximum Gasteiger partial charge on any atom is 0.191 e. The smallest absolute Gasteiger partial charge is 0.191 e. The summed E-state index contributed by atoms with van der Waals surface area (Å²) in [7, 11) is 1.81. The second-order valence-corrected chi connectivity index (χ2v) is 5.16. The van der Waals surface area contributed by atoms with E-state index in [1.165, 1.54) is 11.1 Å². The third-order valence-corrected chi connectivity index (χ3v) is 3.53. The Morgan fingerprint density at radius 2 is 1.86 bits per heavy atom. The Morgan fingerprint density at radius 1 is 1.19 bits per heavy atom. The van der Waals surface area contributed by atoms with E-state index in [1.54, 1.807) is 0 Å². The average molecular weight is 287 g/mol. The fourth-order valence-electron chi connectivity index (χ4n) is 2.28. The van der Waals surface area contributed by atoms with Gasteiger partial charge in [0.05, 0.1) is 6.61 Å². The third-order valence-electron chi connectivity index (χ3n) is 3.53. The van der Waals surface area contributed by atoms with Crippen molar-refractivity contribution in [2.75, 3.05) is 13.7 Å². The molecule has 0 saturated heterocycles. The topological polar surface area (TPSA) is 45.6 Å². The number of rotatable bonds is 6. The molecule has 0 fully saturated rings. The second-order valence-electron chi connectivity index (χ2n) is 5.16. The monoisotopic (exact) mass is 287 g/mol. The molecule has 1 aromatic carbocycles. The van der Waals surface area contributed by atoms with Gasteiger partial charge in [0.15, 0.2) is 5.96 Å². The molecule has 0 amide bonds. The molecule has 1 aromatic rings. The first-order valence-corrected chi connectivity index (χ1v) is 7.59. The van der Waals surface area contributed by atoms with Crippen molar-refractivity contribution in [3.8, 4) is 0 Å². The van der Waals surface area contributed by atoms with Crippen molar-refractivity contribution < 1.29 is 4.74 Å². The van der Waals surface area contributed by atoms with Crippen molar-refractivity contribution in [1.29, 1.82) is 0 Å². The molecular formula is C17H25N3O. The number of benzene rings is 1. The number of hydrogen-bond acceptors (Lipinski definition) is 2. The molecule has 2 N–H and O–H groups in total. The quantitative estimate of drug-likeness (QED) is 0.480. The molecule has 1 aliphatic carbocycles. The van der Waals surface area contributed by atoms with Crippen LogP contribution >= 0.6 is 0 Å². The molecule has 1 aliphatic rings. The fourth-order valence-corrected chi connectivity index (χ4v) is 2.28. The van der Waals surface area contributed by atoms with Gasteiger partial charge in [-0.1, -0.05) is 36.4 Å². The van der Waals surface area contributed by atoms with Crippen molar-refractivity contribution in [2.45, 2.75) is 39.0 Å². The van der Waals surface area contributed by atoms with E-state index < -0.39 is 0 Å². The Kier molecular flexibility index (Phi) is 6.28. The van der Waals surface area contributed by atoms with Crippen LogP contribution in [0.3, 0.4) is 0 Å². The predicted octanol–water partition coefficient (Wildman–Crippen LogP) is 2.61. The van der Waals surface area contributed by atoms with E-state index in [9.17, 15) is 0 Å². The summed E-state index contributed by atoms with van der Waals surface area (Å²) in [5, 5.41) is 6.79. The van der Waals surface area contributed by atoms with Crippen molar-refractivity contribution in [2.24, 2.45) is 4.99 Å². The van der Waals surface area contributed by atoms with Crippen LogP contribution in [0.25, 0.3) is 0 Å². The van der Waals surface area contributed by atoms with E-state index in [2.05, 4.69) is 52.0 Å². The van der Waals surface area contributed by atoms with E-state index in [-0.39, 0.29) is 0 Å². The van der Waals surface area contributed by atoms with E-state index in [4.69, 9.17) is 4.74 Å². The van der Waals surface area contributed by atoms with Gasteiger partial charge in [-0.05, 0) is 30.9 Å². The summed E-state index contributed by atoms with van der Waals surface area (Å²) in [5.41, 5.74) is 2.45. The molecule has 0 atom stereocenters. The number of nitrogens with one attached hydrogen (secondary N) is 2. The van der Waals surface area contributed by atoms with E-state index in [0.29, 0.717) is 12.6 Å². The molecule has 2 rings (SSSR count). The highest BCUT2D eigenvalue weighted by atomic mass is 16.5. The Hall–Kier alpha value is -1.81. The lowest BCUT2D eigenvalue weighted by Gasteiger charge is -2.17. The molecule has 4 nitrogen and oxygen atoms in total. The standard InChI is InChI=1S/C17H25N3O/c1-3-21-13-15-10-8-14(9-11-15)12-19-17(18-2)20-16-6-4-5-7-16/h4-5,8-11,16H,3,6-7,12-13H2,1-2H3,(H2,18,19,20). The number of nitrogens with zero attached hydrogens (tertiary/aromatic N) is 1. The predicted molar refractivity (Wildman–Crippen MR) is 87.3 cm³/mol. The lowest BCUT2D eigenvalue weighted by molar-refractivity contribution is 0.134. The summed E-state index contributed by atoms with van der Waals surface area (Å²) in [5.74, 6) is 0.863. The molecule has 0 unspecified atom stereocenters. The van der Waals surface area contributed by atoms with Crippen LogP contribution in [0.2, 0.25) is 0 Å². The van der Waals surface area contributed by atoms with Crippen LogP contribution in [0.15, 0.2) is 41.4 Å². The molecule has 4 heteroatoms. The Balaban J connectivity index is 1.78. The summed E-state index contributed by atoms with van der Waals surface area (Å²) >= 11 is 0. The summed E-state index contributed by atoms with van der Waals surface area (Å²) in [6.45, 7) is 4.22. The molecule has 0 radical (unpaired) electrons. The average Bonchev–Trinajstić information content (AvgIpc) is 3.03. The normalized spacial score (nSPS) is 15.4. The van der Waals surface area contributed by atoms with Gasteiger partial charge in [0, 0.05) is 26.2 Å². The first kappa shape index (κ1) is 15.6. The first-order valence-electron chi connectivity index (χ1n) is 7.59. The van der Waals surface area contributed by atoms with Crippen LogP contribution in [0, 0.1) is 0 Å². The van der Waals surface area contributed by atoms with Crippen LogP contribution in [0.5, 0.6) is 0 Å². The van der Waals surface area contributed by atoms with Crippen LogP contribution in [0.4, 0.5) is 0 Å². The van der Waals surface area contributed by atoms with E-state index in [1.807, 2.05) is 14.0 Å². The molecule has 0 aliphatic heterocycles. The van der Waals surface area contributed by atoms with Gasteiger partial charge < -0.3 is 15.4 Å². The summed E-state index contributed by atoms with van der Waals surface area (Å²) in [6, 6.07) is 8.97. The second kappa shape index (κ2) is 8.47. The summed E-state index contributed by atoms with van der Waals surface area (Å²) in [4.78, 5) is 4.27. The zero-order valence-electron chi connectivity index (χ0n) is 12.9. The van der Waals surface area contributed by atoms with Crippen LogP contribution in [0.1, 0.15) is 30.9 Å². The van der Waals surface area contributed by atoms with Crippen molar-refractivity contribution >= 4 is 5.96 Å². The molecule has 21 heavy (non-hydrogen) atoms. The minimum absolute atomic E-state index is 0.477. The number of aliphatic imine (C=N–C) groups is 1. The maximum absolute atomic E-state index is 5.40. The minimum atomic E-state index is 0.477. The number of ether oxygens (including phenoxy) is 1. The van der Waals surface area contributed by atoms with Gasteiger partial charge in [0.1, 0.15) is 0 Å². The van der Waals surface area contributed by atoms with Crippen LogP contribution in [-0.2, 0) is 17.9 Å². The van der Waals surface area contributed by atoms with Gasteiger partial charge in [0.25, 0.3) is 0 Å². The Morgan fingerprint density at radius 3 is 2.48 bits per heavy atom. The van der Waals surface area contributed by atoms with Crippen LogP contribution < -0.4 is 10.6 Å². The first-order chi connectivity index (χ1) is 10.3. The molecule has 114 valence electrons. The van der Waals surface area contributed by atoms with Gasteiger partial charge >= 0.3 is 0 Å². The van der Waals surface area contributed by atoms with Crippen molar-refractivity contribution in [3.63, 3.8) is 0 Å². The van der Waals surface area contributed by atoms with Crippen molar-refractivity contribution in [1.82, 2.24) is 10.6 Å². The highest BCUT2D eigenvalue weighted by Crippen LogP contribution is 2.09. The lowest BCUT2D eigenvalue weighted by atomic mass is 10.1. The zero-order chi connectivity index (χ0) is 14.9. The molecular weight excluding hydrogens is 262 g/mol. The van der Waals surface area contributed by atoms with E-state index in [0.717, 1.165) is 32.0 Å². The van der Waals surface area contributed by atoms with Gasteiger partial charge in [-0.2, -0.15) is 0 Å². The molecule has 0 heterocycles. The van der Waals surface area contributed by atoms with Gasteiger partial charge in [0.2, 0.25) is 0 Å². The van der Waals surface area contributed by atoms with Gasteiger partial charge in [-0.25, -0.2) is 0 Å². The van der Waals surface area contributed by atoms with Crippen LogP contribution in [-0.4, -0.2) is 25.7 Å². The summed E-state index contributed by atoms with van der Waals surface area (Å²) in [6.07, 6.45) is 6.57. The van der Waals surface area contributed by atoms with E-state index >= 15 is 0 Å². The lowest BCUT2D eigenvalue weighted by Crippen LogP contribution is -2.42. The van der Waals surface area contributed by atoms with Gasteiger partial charge in [-0.15, -0.1) is 0 Å².